The molecule has 0 saturated heterocycles. The van der Waals surface area contributed by atoms with E-state index in [2.05, 4.69) is 15.0 Å². The summed E-state index contributed by atoms with van der Waals surface area (Å²) >= 11 is 5.79. The zero-order valence-corrected chi connectivity index (χ0v) is 11.7. The van der Waals surface area contributed by atoms with Gasteiger partial charge in [-0.2, -0.15) is 0 Å². The molecule has 0 aliphatic heterocycles. The van der Waals surface area contributed by atoms with Crippen LogP contribution in [-0.4, -0.2) is 29.1 Å². The second-order valence-corrected chi connectivity index (χ2v) is 4.45. The van der Waals surface area contributed by atoms with Gasteiger partial charge in [0.25, 0.3) is 5.91 Å². The van der Waals surface area contributed by atoms with Gasteiger partial charge in [0.2, 0.25) is 0 Å². The van der Waals surface area contributed by atoms with E-state index in [1.807, 2.05) is 0 Å². The third-order valence-electron chi connectivity index (χ3n) is 2.58. The van der Waals surface area contributed by atoms with Crippen LogP contribution in [0.1, 0.15) is 21.0 Å². The Hall–Kier alpha value is -2.60. The first kappa shape index (κ1) is 14.8. The van der Waals surface area contributed by atoms with E-state index in [4.69, 9.17) is 11.6 Å². The lowest BCUT2D eigenvalue weighted by atomic mass is 10.2. The van der Waals surface area contributed by atoms with Crippen molar-refractivity contribution in [2.45, 2.75) is 0 Å². The number of anilines is 1. The molecule has 0 unspecified atom stereocenters. The van der Waals surface area contributed by atoms with Gasteiger partial charge < -0.3 is 15.2 Å². The molecule has 6 nitrogen and oxygen atoms in total. The second-order valence-electron chi connectivity index (χ2n) is 4.02. The lowest BCUT2D eigenvalue weighted by Crippen LogP contribution is -2.16. The lowest BCUT2D eigenvalue weighted by Gasteiger charge is -2.08. The van der Waals surface area contributed by atoms with Crippen molar-refractivity contribution >= 4 is 29.2 Å². The molecule has 21 heavy (non-hydrogen) atoms. The molecule has 1 aromatic heterocycles. The number of aromatic nitrogens is 1. The lowest BCUT2D eigenvalue weighted by molar-refractivity contribution is 0.0594. The first-order valence-corrected chi connectivity index (χ1v) is 6.24. The van der Waals surface area contributed by atoms with Crippen molar-refractivity contribution < 1.29 is 19.4 Å². The largest absolute Gasteiger partial charge is 0.506 e. The normalized spacial score (nSPS) is 10.0. The number of hydrogen-bond donors (Lipinski definition) is 2. The SMILES string of the molecule is COC(=O)c1cccc(C(=O)Nc2cc(Cl)ccc2O)n1. The highest BCUT2D eigenvalue weighted by molar-refractivity contribution is 6.31. The molecule has 1 amide bonds. The van der Waals surface area contributed by atoms with E-state index in [9.17, 15) is 14.7 Å². The summed E-state index contributed by atoms with van der Waals surface area (Å²) in [6, 6.07) is 8.62. The maximum Gasteiger partial charge on any atom is 0.356 e. The van der Waals surface area contributed by atoms with Crippen molar-refractivity contribution in [3.63, 3.8) is 0 Å². The van der Waals surface area contributed by atoms with E-state index in [0.29, 0.717) is 5.02 Å². The maximum absolute atomic E-state index is 12.1. The number of nitrogens with zero attached hydrogens (tertiary/aromatic N) is 1. The first-order chi connectivity index (χ1) is 10.0. The summed E-state index contributed by atoms with van der Waals surface area (Å²) in [6.45, 7) is 0. The minimum absolute atomic E-state index is 0.0114. The first-order valence-electron chi connectivity index (χ1n) is 5.86. The van der Waals surface area contributed by atoms with E-state index >= 15 is 0 Å². The van der Waals surface area contributed by atoms with Gasteiger partial charge in [0.1, 0.15) is 17.1 Å². The van der Waals surface area contributed by atoms with Gasteiger partial charge in [-0.25, -0.2) is 9.78 Å². The highest BCUT2D eigenvalue weighted by Gasteiger charge is 2.14. The summed E-state index contributed by atoms with van der Waals surface area (Å²) in [4.78, 5) is 27.3. The number of carbonyl (C=O) groups is 2. The van der Waals surface area contributed by atoms with Crippen LogP contribution in [0.25, 0.3) is 0 Å². The number of esters is 1. The molecular formula is C14H11ClN2O4. The molecule has 2 aromatic rings. The van der Waals surface area contributed by atoms with E-state index in [0.717, 1.165) is 0 Å². The molecule has 0 bridgehead atoms. The molecule has 0 spiro atoms. The van der Waals surface area contributed by atoms with Gasteiger partial charge >= 0.3 is 5.97 Å². The number of nitrogens with one attached hydrogen (secondary N) is 1. The van der Waals surface area contributed by atoms with Gasteiger partial charge in [-0.1, -0.05) is 17.7 Å². The molecular weight excluding hydrogens is 296 g/mol. The zero-order valence-electron chi connectivity index (χ0n) is 11.0. The van der Waals surface area contributed by atoms with Crippen LogP contribution in [0.2, 0.25) is 5.02 Å². The Kier molecular flexibility index (Phi) is 4.39. The maximum atomic E-state index is 12.1. The average molecular weight is 307 g/mol. The monoisotopic (exact) mass is 306 g/mol. The topological polar surface area (TPSA) is 88.5 Å². The van der Waals surface area contributed by atoms with Crippen LogP contribution in [0, 0.1) is 0 Å². The number of halogens is 1. The number of benzene rings is 1. The number of rotatable bonds is 3. The highest BCUT2D eigenvalue weighted by Crippen LogP contribution is 2.26. The molecule has 7 heteroatoms. The molecule has 0 fully saturated rings. The summed E-state index contributed by atoms with van der Waals surface area (Å²) in [6.07, 6.45) is 0. The molecule has 0 aliphatic carbocycles. The van der Waals surface area contributed by atoms with Crippen LogP contribution in [0.5, 0.6) is 5.75 Å². The van der Waals surface area contributed by atoms with E-state index in [1.165, 1.54) is 43.5 Å². The fraction of sp³-hybridized carbons (Fsp3) is 0.0714. The number of hydrogen-bond acceptors (Lipinski definition) is 5. The van der Waals surface area contributed by atoms with Crippen molar-refractivity contribution in [3.8, 4) is 5.75 Å². The van der Waals surface area contributed by atoms with Crippen LogP contribution in [0.3, 0.4) is 0 Å². The molecule has 1 heterocycles. The van der Waals surface area contributed by atoms with E-state index in [-0.39, 0.29) is 22.8 Å². The molecule has 0 atom stereocenters. The number of ether oxygens (including phenoxy) is 1. The average Bonchev–Trinajstić information content (AvgIpc) is 2.50. The molecule has 0 saturated carbocycles. The summed E-state index contributed by atoms with van der Waals surface area (Å²) in [5.74, 6) is -1.36. The van der Waals surface area contributed by atoms with Crippen LogP contribution < -0.4 is 5.32 Å². The number of amides is 1. The van der Waals surface area contributed by atoms with Gasteiger partial charge in [0.05, 0.1) is 12.8 Å². The Bertz CT molecular complexity index is 703. The van der Waals surface area contributed by atoms with Crippen molar-refractivity contribution in [2.24, 2.45) is 0 Å². The zero-order chi connectivity index (χ0) is 15.4. The summed E-state index contributed by atoms with van der Waals surface area (Å²) < 4.78 is 4.53. The van der Waals surface area contributed by atoms with Gasteiger partial charge in [-0.3, -0.25) is 4.79 Å². The number of pyridine rings is 1. The Morgan fingerprint density at radius 1 is 1.24 bits per heavy atom. The predicted molar refractivity (Wildman–Crippen MR) is 76.6 cm³/mol. The quantitative estimate of drug-likeness (QED) is 0.672. The number of carbonyl (C=O) groups excluding carboxylic acids is 2. The minimum Gasteiger partial charge on any atom is -0.506 e. The van der Waals surface area contributed by atoms with Crippen molar-refractivity contribution in [1.82, 2.24) is 4.98 Å². The highest BCUT2D eigenvalue weighted by atomic mass is 35.5. The number of phenolic OH excluding ortho intramolecular Hbond substituents is 1. The fourth-order valence-electron chi connectivity index (χ4n) is 1.57. The van der Waals surface area contributed by atoms with Crippen molar-refractivity contribution in [1.29, 1.82) is 0 Å². The summed E-state index contributed by atoms with van der Waals surface area (Å²) in [7, 11) is 1.22. The molecule has 2 rings (SSSR count). The smallest absolute Gasteiger partial charge is 0.356 e. The third-order valence-corrected chi connectivity index (χ3v) is 2.82. The van der Waals surface area contributed by atoms with Gasteiger partial charge in [-0.15, -0.1) is 0 Å². The van der Waals surface area contributed by atoms with Gasteiger partial charge in [0.15, 0.2) is 0 Å². The molecule has 2 N–H and O–H groups in total. The number of methoxy groups -OCH3 is 1. The summed E-state index contributed by atoms with van der Waals surface area (Å²) in [5.41, 5.74) is 0.176. The number of aromatic hydroxyl groups is 1. The molecule has 1 aromatic carbocycles. The summed E-state index contributed by atoms with van der Waals surface area (Å²) in [5, 5.41) is 12.5. The minimum atomic E-state index is -0.643. The van der Waals surface area contributed by atoms with E-state index < -0.39 is 11.9 Å². The van der Waals surface area contributed by atoms with Crippen LogP contribution >= 0.6 is 11.6 Å². The molecule has 108 valence electrons. The van der Waals surface area contributed by atoms with Crippen LogP contribution in [0.4, 0.5) is 5.69 Å². The molecule has 0 radical (unpaired) electrons. The van der Waals surface area contributed by atoms with Gasteiger partial charge in [0, 0.05) is 5.02 Å². The Labute approximate surface area is 125 Å². The van der Waals surface area contributed by atoms with E-state index in [1.54, 1.807) is 0 Å². The van der Waals surface area contributed by atoms with Crippen LogP contribution in [-0.2, 0) is 4.74 Å². The Balaban J connectivity index is 2.24. The third kappa shape index (κ3) is 3.49. The second kappa shape index (κ2) is 6.23. The van der Waals surface area contributed by atoms with Crippen molar-refractivity contribution in [3.05, 3.63) is 52.8 Å². The Morgan fingerprint density at radius 3 is 2.67 bits per heavy atom. The number of phenols is 1. The van der Waals surface area contributed by atoms with Crippen molar-refractivity contribution in [2.75, 3.05) is 12.4 Å². The predicted octanol–water partition coefficient (Wildman–Crippen LogP) is 2.48. The Morgan fingerprint density at radius 2 is 1.95 bits per heavy atom. The fourth-order valence-corrected chi connectivity index (χ4v) is 1.75. The standard InChI is InChI=1S/C14H11ClN2O4/c1-21-14(20)10-4-2-3-9(16-10)13(19)17-11-7-8(15)5-6-12(11)18/h2-7,18H,1H3,(H,17,19). The van der Waals surface area contributed by atoms with Gasteiger partial charge in [-0.05, 0) is 30.3 Å². The molecule has 0 aliphatic rings. The van der Waals surface area contributed by atoms with Crippen LogP contribution in [0.15, 0.2) is 36.4 Å².